The number of hydrogen-bond acceptors (Lipinski definition) is 5. The summed E-state index contributed by atoms with van der Waals surface area (Å²) in [6, 6.07) is 11.4. The number of ether oxygens (including phenoxy) is 3. The van der Waals surface area contributed by atoms with Crippen LogP contribution in [0.2, 0.25) is 5.02 Å². The van der Waals surface area contributed by atoms with Crippen LogP contribution in [0.5, 0.6) is 11.5 Å². The first-order valence-corrected chi connectivity index (χ1v) is 9.23. The monoisotopic (exact) mass is 416 g/mol. The first-order chi connectivity index (χ1) is 14.0. The van der Waals surface area contributed by atoms with Crippen LogP contribution >= 0.6 is 11.6 Å². The van der Waals surface area contributed by atoms with Gasteiger partial charge in [0.25, 0.3) is 0 Å². The molecule has 29 heavy (non-hydrogen) atoms. The van der Waals surface area contributed by atoms with Crippen molar-refractivity contribution in [2.75, 3.05) is 14.2 Å². The number of benzene rings is 2. The van der Waals surface area contributed by atoms with Gasteiger partial charge in [-0.05, 0) is 19.1 Å². The van der Waals surface area contributed by atoms with Gasteiger partial charge in [-0.3, -0.25) is 0 Å². The fourth-order valence-electron chi connectivity index (χ4n) is 3.15. The van der Waals surface area contributed by atoms with E-state index in [1.807, 2.05) is 18.2 Å². The highest BCUT2D eigenvalue weighted by molar-refractivity contribution is 6.31. The number of para-hydroxylation sites is 1. The van der Waals surface area contributed by atoms with Gasteiger partial charge in [0.05, 0.1) is 25.8 Å². The van der Waals surface area contributed by atoms with Crippen LogP contribution in [0.3, 0.4) is 0 Å². The van der Waals surface area contributed by atoms with Crippen LogP contribution in [-0.4, -0.2) is 26.2 Å². The van der Waals surface area contributed by atoms with E-state index in [-0.39, 0.29) is 12.2 Å². The van der Waals surface area contributed by atoms with Crippen molar-refractivity contribution in [1.82, 2.24) is 10.6 Å². The quantitative estimate of drug-likeness (QED) is 0.701. The standard InChI is InChI=1S/C21H21ClN2O5/c1-12-17(20(25)28-3)18(24-21(26)23-12)14-8-6-10-16(27-2)19(14)29-11-13-7-4-5-9-15(13)22/h4-10,18H,11H2,1-3H3,(H2,23,24,26). The predicted octanol–water partition coefficient (Wildman–Crippen LogP) is 3.73. The SMILES string of the molecule is COC(=O)C1=C(C)NC(=O)NC1c1cccc(OC)c1OCc1ccccc1Cl. The molecule has 2 N–H and O–H groups in total. The average molecular weight is 417 g/mol. The Bertz CT molecular complexity index is 973. The molecule has 7 nitrogen and oxygen atoms in total. The molecule has 0 spiro atoms. The molecule has 0 radical (unpaired) electrons. The average Bonchev–Trinajstić information content (AvgIpc) is 2.71. The Labute approximate surface area is 173 Å². The zero-order valence-corrected chi connectivity index (χ0v) is 17.0. The lowest BCUT2D eigenvalue weighted by atomic mass is 9.94. The number of amides is 2. The van der Waals surface area contributed by atoms with Crippen molar-refractivity contribution in [3.63, 3.8) is 0 Å². The molecular weight excluding hydrogens is 396 g/mol. The predicted molar refractivity (Wildman–Crippen MR) is 108 cm³/mol. The van der Waals surface area contributed by atoms with Gasteiger partial charge in [0.1, 0.15) is 6.61 Å². The van der Waals surface area contributed by atoms with Gasteiger partial charge in [0.15, 0.2) is 11.5 Å². The van der Waals surface area contributed by atoms with E-state index in [1.54, 1.807) is 31.2 Å². The second-order valence-electron chi connectivity index (χ2n) is 6.32. The van der Waals surface area contributed by atoms with Crippen molar-refractivity contribution in [2.24, 2.45) is 0 Å². The third-order valence-corrected chi connectivity index (χ3v) is 4.91. The van der Waals surface area contributed by atoms with Gasteiger partial charge in [0, 0.05) is 21.8 Å². The second kappa shape index (κ2) is 8.87. The number of carbonyl (C=O) groups is 2. The number of allylic oxidation sites excluding steroid dienone is 1. The Morgan fingerprint density at radius 1 is 1.14 bits per heavy atom. The summed E-state index contributed by atoms with van der Waals surface area (Å²) in [5.41, 5.74) is 2.04. The summed E-state index contributed by atoms with van der Waals surface area (Å²) >= 11 is 6.23. The maximum atomic E-state index is 12.4. The third-order valence-electron chi connectivity index (χ3n) is 4.54. The lowest BCUT2D eigenvalue weighted by Gasteiger charge is -2.29. The highest BCUT2D eigenvalue weighted by Crippen LogP contribution is 2.39. The van der Waals surface area contributed by atoms with E-state index in [9.17, 15) is 9.59 Å². The number of carbonyl (C=O) groups excluding carboxylic acids is 2. The molecule has 0 aromatic heterocycles. The molecule has 152 valence electrons. The van der Waals surface area contributed by atoms with Crippen molar-refractivity contribution in [3.05, 3.63) is 69.9 Å². The molecule has 2 aromatic carbocycles. The maximum Gasteiger partial charge on any atom is 0.337 e. The highest BCUT2D eigenvalue weighted by atomic mass is 35.5. The van der Waals surface area contributed by atoms with Gasteiger partial charge in [-0.2, -0.15) is 0 Å². The number of methoxy groups -OCH3 is 2. The van der Waals surface area contributed by atoms with Crippen LogP contribution in [0.25, 0.3) is 0 Å². The minimum atomic E-state index is -0.771. The van der Waals surface area contributed by atoms with E-state index in [1.165, 1.54) is 14.2 Å². The molecule has 0 saturated carbocycles. The van der Waals surface area contributed by atoms with Gasteiger partial charge >= 0.3 is 12.0 Å². The molecule has 0 bridgehead atoms. The van der Waals surface area contributed by atoms with E-state index in [0.29, 0.717) is 27.8 Å². The molecule has 0 saturated heterocycles. The van der Waals surface area contributed by atoms with Crippen LogP contribution in [0.1, 0.15) is 24.1 Å². The van der Waals surface area contributed by atoms with Crippen molar-refractivity contribution < 1.29 is 23.8 Å². The molecule has 0 aliphatic carbocycles. The number of hydrogen-bond donors (Lipinski definition) is 2. The van der Waals surface area contributed by atoms with Crippen molar-refractivity contribution in [2.45, 2.75) is 19.6 Å². The number of halogens is 1. The Kier molecular flexibility index (Phi) is 6.29. The Morgan fingerprint density at radius 3 is 2.59 bits per heavy atom. The van der Waals surface area contributed by atoms with Gasteiger partial charge in [-0.1, -0.05) is 41.9 Å². The van der Waals surface area contributed by atoms with Gasteiger partial charge in [-0.25, -0.2) is 9.59 Å². The number of rotatable bonds is 6. The van der Waals surface area contributed by atoms with Crippen LogP contribution in [0.15, 0.2) is 53.7 Å². The molecule has 8 heteroatoms. The van der Waals surface area contributed by atoms with Crippen LogP contribution in [0, 0.1) is 0 Å². The fraction of sp³-hybridized carbons (Fsp3) is 0.238. The molecule has 3 rings (SSSR count). The molecule has 1 heterocycles. The van der Waals surface area contributed by atoms with Crippen molar-refractivity contribution in [3.8, 4) is 11.5 Å². The Hall–Kier alpha value is -3.19. The van der Waals surface area contributed by atoms with Crippen LogP contribution in [0.4, 0.5) is 4.79 Å². The minimum Gasteiger partial charge on any atom is -0.493 e. The Morgan fingerprint density at radius 2 is 1.90 bits per heavy atom. The summed E-state index contributed by atoms with van der Waals surface area (Å²) in [5, 5.41) is 5.93. The topological polar surface area (TPSA) is 85.9 Å². The summed E-state index contributed by atoms with van der Waals surface area (Å²) in [4.78, 5) is 24.5. The maximum absolute atomic E-state index is 12.4. The summed E-state index contributed by atoms with van der Waals surface area (Å²) in [6.45, 7) is 1.82. The zero-order valence-electron chi connectivity index (χ0n) is 16.2. The summed E-state index contributed by atoms with van der Waals surface area (Å²) < 4.78 is 16.4. The van der Waals surface area contributed by atoms with E-state index in [0.717, 1.165) is 5.56 Å². The normalized spacial score (nSPS) is 16.0. The second-order valence-corrected chi connectivity index (χ2v) is 6.73. The van der Waals surface area contributed by atoms with Crippen LogP contribution in [-0.2, 0) is 16.1 Å². The van der Waals surface area contributed by atoms with E-state index < -0.39 is 18.0 Å². The van der Waals surface area contributed by atoms with Gasteiger partial charge in [-0.15, -0.1) is 0 Å². The lowest BCUT2D eigenvalue weighted by molar-refractivity contribution is -0.136. The zero-order chi connectivity index (χ0) is 21.0. The fourth-order valence-corrected chi connectivity index (χ4v) is 3.34. The molecule has 0 fully saturated rings. The van der Waals surface area contributed by atoms with Gasteiger partial charge < -0.3 is 24.8 Å². The van der Waals surface area contributed by atoms with Gasteiger partial charge in [0.2, 0.25) is 0 Å². The van der Waals surface area contributed by atoms with Crippen molar-refractivity contribution >= 4 is 23.6 Å². The summed E-state index contributed by atoms with van der Waals surface area (Å²) in [7, 11) is 2.81. The smallest absolute Gasteiger partial charge is 0.337 e. The molecule has 2 aromatic rings. The lowest BCUT2D eigenvalue weighted by Crippen LogP contribution is -2.45. The first-order valence-electron chi connectivity index (χ1n) is 8.86. The number of esters is 1. The van der Waals surface area contributed by atoms with Crippen molar-refractivity contribution in [1.29, 1.82) is 0 Å². The molecule has 1 aliphatic rings. The first kappa shape index (κ1) is 20.5. The molecular formula is C21H21ClN2O5. The highest BCUT2D eigenvalue weighted by Gasteiger charge is 2.34. The number of urea groups is 1. The third kappa shape index (κ3) is 4.30. The molecule has 2 amide bonds. The summed E-state index contributed by atoms with van der Waals surface area (Å²) in [5.74, 6) is 0.306. The largest absolute Gasteiger partial charge is 0.493 e. The molecule has 1 atom stereocenters. The van der Waals surface area contributed by atoms with Crippen LogP contribution < -0.4 is 20.1 Å². The Balaban J connectivity index is 2.04. The molecule has 1 aliphatic heterocycles. The number of nitrogens with one attached hydrogen (secondary N) is 2. The van der Waals surface area contributed by atoms with E-state index in [4.69, 9.17) is 25.8 Å². The van der Waals surface area contributed by atoms with E-state index in [2.05, 4.69) is 10.6 Å². The molecule has 1 unspecified atom stereocenters. The minimum absolute atomic E-state index is 0.183. The van der Waals surface area contributed by atoms with E-state index >= 15 is 0 Å². The summed E-state index contributed by atoms with van der Waals surface area (Å²) in [6.07, 6.45) is 0.